The van der Waals surface area contributed by atoms with Crippen molar-refractivity contribution in [2.75, 3.05) is 33.1 Å². The van der Waals surface area contributed by atoms with Crippen LogP contribution in [0.1, 0.15) is 0 Å². The van der Waals surface area contributed by atoms with Gasteiger partial charge in [0.2, 0.25) is 5.36 Å². The maximum Gasteiger partial charge on any atom is 0.201 e. The first-order valence-electron chi connectivity index (χ1n) is 7.00. The predicted octanol–water partition coefficient (Wildman–Crippen LogP) is 2.51. The minimum absolute atomic E-state index is 1.06. The van der Waals surface area contributed by atoms with Gasteiger partial charge in [-0.15, -0.1) is 11.3 Å². The Kier molecular flexibility index (Phi) is 5.48. The Labute approximate surface area is 145 Å². The SMILES string of the molecule is CN(C)c1ccc2nc3ccc(=[N+](C)C)cc-3sc2c1.N#C[S-]. The van der Waals surface area contributed by atoms with Gasteiger partial charge in [-0.05, 0) is 24.3 Å². The van der Waals surface area contributed by atoms with Gasteiger partial charge < -0.3 is 17.5 Å². The Balaban J connectivity index is 0.000000595. The number of hydrogen-bond donors (Lipinski definition) is 0. The van der Waals surface area contributed by atoms with Crippen LogP contribution >= 0.6 is 11.3 Å². The van der Waals surface area contributed by atoms with E-state index in [1.165, 1.54) is 26.0 Å². The molecule has 118 valence electrons. The van der Waals surface area contributed by atoms with E-state index in [0.717, 1.165) is 11.2 Å². The van der Waals surface area contributed by atoms with Crippen LogP contribution in [0.3, 0.4) is 0 Å². The summed E-state index contributed by atoms with van der Waals surface area (Å²) in [6.07, 6.45) is 0. The zero-order valence-corrected chi connectivity index (χ0v) is 15.2. The number of fused-ring (bicyclic) bond motifs is 2. The fourth-order valence-corrected chi connectivity index (χ4v) is 3.19. The van der Waals surface area contributed by atoms with Gasteiger partial charge in [0.05, 0.1) is 20.8 Å². The minimum Gasteiger partial charge on any atom is -0.696 e. The Morgan fingerprint density at radius 2 is 1.87 bits per heavy atom. The second kappa shape index (κ2) is 7.36. The normalized spacial score (nSPS) is 9.87. The number of benzene rings is 2. The highest BCUT2D eigenvalue weighted by Crippen LogP contribution is 2.31. The van der Waals surface area contributed by atoms with Crippen molar-refractivity contribution in [1.29, 1.82) is 5.26 Å². The maximum absolute atomic E-state index is 7.13. The number of thiocyanates is 1. The van der Waals surface area contributed by atoms with Gasteiger partial charge in [-0.3, -0.25) is 0 Å². The summed E-state index contributed by atoms with van der Waals surface area (Å²) in [5, 5.41) is 9.67. The molecule has 0 saturated heterocycles. The summed E-state index contributed by atoms with van der Waals surface area (Å²) in [6, 6.07) is 12.8. The van der Waals surface area contributed by atoms with Gasteiger partial charge in [-0.1, -0.05) is 5.40 Å². The van der Waals surface area contributed by atoms with Gasteiger partial charge in [0.1, 0.15) is 14.1 Å². The Hall–Kier alpha value is -2.23. The average Bonchev–Trinajstić information content (AvgIpc) is 2.52. The lowest BCUT2D eigenvalue weighted by atomic mass is 10.2. The summed E-state index contributed by atoms with van der Waals surface area (Å²) in [6.45, 7) is 0. The summed E-state index contributed by atoms with van der Waals surface area (Å²) < 4.78 is 3.34. The summed E-state index contributed by atoms with van der Waals surface area (Å²) in [7, 11) is 8.24. The van der Waals surface area contributed by atoms with Crippen molar-refractivity contribution in [3.63, 3.8) is 0 Å². The van der Waals surface area contributed by atoms with Crippen LogP contribution in [-0.4, -0.2) is 33.2 Å². The Morgan fingerprint density at radius 3 is 2.48 bits per heavy atom. The van der Waals surface area contributed by atoms with Crippen LogP contribution in [0.2, 0.25) is 0 Å². The first-order valence-corrected chi connectivity index (χ1v) is 8.22. The molecule has 0 atom stereocenters. The molecule has 1 aromatic carbocycles. The lowest BCUT2D eigenvalue weighted by Gasteiger charge is -2.13. The van der Waals surface area contributed by atoms with Crippen LogP contribution in [0.5, 0.6) is 0 Å². The van der Waals surface area contributed by atoms with Crippen LogP contribution in [0, 0.1) is 10.7 Å². The van der Waals surface area contributed by atoms with Gasteiger partial charge in [-0.25, -0.2) is 14.8 Å². The summed E-state index contributed by atoms with van der Waals surface area (Å²) >= 11 is 5.50. The molecule has 0 radical (unpaired) electrons. The van der Waals surface area contributed by atoms with Crippen molar-refractivity contribution >= 4 is 39.9 Å². The Morgan fingerprint density at radius 1 is 1.17 bits per heavy atom. The van der Waals surface area contributed by atoms with Crippen molar-refractivity contribution in [2.24, 2.45) is 0 Å². The van der Waals surface area contributed by atoms with Crippen LogP contribution in [-0.2, 0) is 12.6 Å². The zero-order chi connectivity index (χ0) is 17.0. The van der Waals surface area contributed by atoms with Gasteiger partial charge >= 0.3 is 0 Å². The molecular formula is C17H18N4S2. The summed E-state index contributed by atoms with van der Waals surface area (Å²) in [4.78, 5) is 8.09. The molecular weight excluding hydrogens is 324 g/mol. The van der Waals surface area contributed by atoms with Crippen molar-refractivity contribution < 1.29 is 0 Å². The summed E-state index contributed by atoms with van der Waals surface area (Å²) in [5.41, 5.74) is 3.33. The molecule has 0 bridgehead atoms. The molecule has 6 heteroatoms. The number of nitriles is 1. The molecule has 0 saturated carbocycles. The molecule has 1 aliphatic heterocycles. The minimum atomic E-state index is 1.06. The highest BCUT2D eigenvalue weighted by molar-refractivity contribution is 7.64. The van der Waals surface area contributed by atoms with Gasteiger partial charge in [0.15, 0.2) is 0 Å². The smallest absolute Gasteiger partial charge is 0.201 e. The van der Waals surface area contributed by atoms with Crippen LogP contribution < -0.4 is 14.8 Å². The predicted molar refractivity (Wildman–Crippen MR) is 101 cm³/mol. The van der Waals surface area contributed by atoms with E-state index in [4.69, 9.17) is 10.2 Å². The molecule has 0 spiro atoms. The second-order valence-electron chi connectivity index (χ2n) is 5.40. The topological polar surface area (TPSA) is 42.9 Å². The van der Waals surface area contributed by atoms with Crippen molar-refractivity contribution in [1.82, 2.24) is 9.56 Å². The summed E-state index contributed by atoms with van der Waals surface area (Å²) in [5.74, 6) is 0. The number of hydrogen-bond acceptors (Lipinski definition) is 5. The molecule has 0 aromatic heterocycles. The molecule has 0 unspecified atom stereocenters. The van der Waals surface area contributed by atoms with E-state index in [2.05, 4.69) is 86.7 Å². The van der Waals surface area contributed by atoms with Crippen LogP contribution in [0.15, 0.2) is 36.4 Å². The van der Waals surface area contributed by atoms with E-state index >= 15 is 0 Å². The van der Waals surface area contributed by atoms with E-state index in [-0.39, 0.29) is 0 Å². The highest BCUT2D eigenvalue weighted by Gasteiger charge is 2.09. The van der Waals surface area contributed by atoms with E-state index < -0.39 is 0 Å². The molecule has 3 rings (SSSR count). The van der Waals surface area contributed by atoms with E-state index in [1.54, 1.807) is 11.3 Å². The molecule has 2 aliphatic rings. The highest BCUT2D eigenvalue weighted by atomic mass is 32.1. The molecule has 1 heterocycles. The number of rotatable bonds is 1. The Bertz CT molecular complexity index is 902. The van der Waals surface area contributed by atoms with Crippen molar-refractivity contribution in [2.45, 2.75) is 0 Å². The largest absolute Gasteiger partial charge is 0.696 e. The third-order valence-electron chi connectivity index (χ3n) is 3.38. The first kappa shape index (κ1) is 17.1. The van der Waals surface area contributed by atoms with Gasteiger partial charge in [-0.2, -0.15) is 0 Å². The molecule has 0 fully saturated rings. The van der Waals surface area contributed by atoms with Gasteiger partial charge in [0, 0.05) is 31.9 Å². The van der Waals surface area contributed by atoms with E-state index in [1.807, 2.05) is 0 Å². The maximum atomic E-state index is 7.13. The van der Waals surface area contributed by atoms with Crippen LogP contribution in [0.25, 0.3) is 20.8 Å². The zero-order valence-electron chi connectivity index (χ0n) is 13.6. The molecule has 0 amide bonds. The number of anilines is 1. The van der Waals surface area contributed by atoms with Gasteiger partial charge in [0.25, 0.3) is 0 Å². The molecule has 0 N–H and O–H groups in total. The standard InChI is InChI=1S/C16H18N3S.CHNS/c1-18(2)11-5-7-13-15(9-11)20-16-10-12(19(3)4)6-8-14(16)17-13;2-1-3/h5-10H,1-4H3;3H/q+1;/p-1. The van der Waals surface area contributed by atoms with E-state index in [9.17, 15) is 0 Å². The first-order chi connectivity index (χ1) is 11.0. The van der Waals surface area contributed by atoms with Crippen LogP contribution in [0.4, 0.5) is 5.69 Å². The third-order valence-corrected chi connectivity index (χ3v) is 4.47. The van der Waals surface area contributed by atoms with Crippen molar-refractivity contribution in [3.05, 3.63) is 41.8 Å². The third kappa shape index (κ3) is 3.95. The molecule has 4 nitrogen and oxygen atoms in total. The van der Waals surface area contributed by atoms with Crippen molar-refractivity contribution in [3.8, 4) is 16.0 Å². The molecule has 23 heavy (non-hydrogen) atoms. The number of aromatic nitrogens is 1. The molecule has 1 aliphatic carbocycles. The number of nitrogens with zero attached hydrogens (tertiary/aromatic N) is 4. The quantitative estimate of drug-likeness (QED) is 0.295. The lowest BCUT2D eigenvalue weighted by molar-refractivity contribution is 0.814. The molecule has 1 aromatic rings. The monoisotopic (exact) mass is 342 g/mol. The average molecular weight is 342 g/mol. The fourth-order valence-electron chi connectivity index (χ4n) is 2.16. The van der Waals surface area contributed by atoms with E-state index in [0.29, 0.717) is 0 Å². The second-order valence-corrected chi connectivity index (χ2v) is 6.66. The lowest BCUT2D eigenvalue weighted by Crippen LogP contribution is -2.21. The fraction of sp³-hybridized carbons (Fsp3) is 0.235.